The molecule has 2 aromatic heterocycles. The van der Waals surface area contributed by atoms with Crippen LogP contribution in [0.2, 0.25) is 5.02 Å². The number of nitrogens with one attached hydrogen (secondary N) is 3. The van der Waals surface area contributed by atoms with Gasteiger partial charge in [-0.3, -0.25) is 10.2 Å². The molecule has 0 spiro atoms. The molecule has 1 aliphatic carbocycles. The maximum Gasteiger partial charge on any atom is 0.259 e. The van der Waals surface area contributed by atoms with Gasteiger partial charge in [0.2, 0.25) is 0 Å². The Labute approximate surface area is 159 Å². The minimum Gasteiger partial charge on any atom is -0.310 e. The van der Waals surface area contributed by atoms with E-state index in [2.05, 4.69) is 15.8 Å². The van der Waals surface area contributed by atoms with Crippen molar-refractivity contribution in [2.24, 2.45) is 0 Å². The molecule has 0 bridgehead atoms. The highest BCUT2D eigenvalue weighted by atomic mass is 35.5. The molecule has 1 aromatic carbocycles. The van der Waals surface area contributed by atoms with Crippen LogP contribution >= 0.6 is 22.9 Å². The van der Waals surface area contributed by atoms with Crippen molar-refractivity contribution in [3.8, 4) is 0 Å². The average molecular weight is 387 g/mol. The summed E-state index contributed by atoms with van der Waals surface area (Å²) in [5.74, 6) is 0.811. The molecule has 3 heterocycles. The first-order valence-electron chi connectivity index (χ1n) is 8.99. The molecule has 5 rings (SSSR count). The van der Waals surface area contributed by atoms with Gasteiger partial charge in [0.05, 0.1) is 17.3 Å². The first-order chi connectivity index (χ1) is 12.7. The summed E-state index contributed by atoms with van der Waals surface area (Å²) < 4.78 is 0. The van der Waals surface area contributed by atoms with E-state index in [9.17, 15) is 4.79 Å². The molecule has 1 aliphatic heterocycles. The number of aryl methyl sites for hydroxylation is 2. The molecule has 1 fully saturated rings. The van der Waals surface area contributed by atoms with Crippen LogP contribution in [0.4, 0.5) is 0 Å². The summed E-state index contributed by atoms with van der Waals surface area (Å²) >= 11 is 7.71. The highest BCUT2D eigenvalue weighted by molar-refractivity contribution is 7.18. The summed E-state index contributed by atoms with van der Waals surface area (Å²) in [7, 11) is 0. The van der Waals surface area contributed by atoms with Gasteiger partial charge >= 0.3 is 0 Å². The zero-order chi connectivity index (χ0) is 17.7. The Bertz CT molecular complexity index is 1030. The molecule has 3 aromatic rings. The first kappa shape index (κ1) is 16.4. The van der Waals surface area contributed by atoms with Crippen LogP contribution in [0.15, 0.2) is 29.1 Å². The Morgan fingerprint density at radius 1 is 1.15 bits per heavy atom. The highest BCUT2D eigenvalue weighted by Crippen LogP contribution is 2.36. The lowest BCUT2D eigenvalue weighted by molar-refractivity contribution is 0.542. The van der Waals surface area contributed by atoms with Crippen LogP contribution in [0.5, 0.6) is 0 Å². The molecule has 3 N–H and O–H groups in total. The number of nitrogens with zero attached hydrogens (tertiary/aromatic N) is 1. The summed E-state index contributed by atoms with van der Waals surface area (Å²) in [6.07, 6.45) is 4.44. The number of benzene rings is 1. The molecule has 1 saturated heterocycles. The SMILES string of the molecule is O=c1[nH]c(C2CNNC2c2ccc(Cl)cc2)nc2sc3c(c12)CCCC3. The van der Waals surface area contributed by atoms with Crippen LogP contribution in [-0.2, 0) is 12.8 Å². The molecule has 2 unspecified atom stereocenters. The number of thiophene rings is 1. The maximum atomic E-state index is 12.8. The number of hydrazine groups is 1. The fourth-order valence-electron chi connectivity index (χ4n) is 4.09. The number of hydrogen-bond acceptors (Lipinski definition) is 5. The topological polar surface area (TPSA) is 69.8 Å². The lowest BCUT2D eigenvalue weighted by Crippen LogP contribution is -2.25. The number of fused-ring (bicyclic) bond motifs is 3. The van der Waals surface area contributed by atoms with Crippen molar-refractivity contribution in [3.63, 3.8) is 0 Å². The Morgan fingerprint density at radius 2 is 1.96 bits per heavy atom. The molecule has 0 saturated carbocycles. The van der Waals surface area contributed by atoms with Crippen LogP contribution in [0, 0.1) is 0 Å². The van der Waals surface area contributed by atoms with Gasteiger partial charge in [-0.25, -0.2) is 10.4 Å². The average Bonchev–Trinajstić information content (AvgIpc) is 3.26. The third-order valence-corrected chi connectivity index (χ3v) is 6.84. The van der Waals surface area contributed by atoms with E-state index in [-0.39, 0.29) is 17.5 Å². The third kappa shape index (κ3) is 2.68. The van der Waals surface area contributed by atoms with Gasteiger partial charge in [0.1, 0.15) is 10.7 Å². The molecular weight excluding hydrogens is 368 g/mol. The largest absolute Gasteiger partial charge is 0.310 e. The Morgan fingerprint density at radius 3 is 2.81 bits per heavy atom. The normalized spacial score (nSPS) is 22.7. The van der Waals surface area contributed by atoms with E-state index in [1.807, 2.05) is 24.3 Å². The van der Waals surface area contributed by atoms with E-state index in [1.54, 1.807) is 11.3 Å². The lowest BCUT2D eigenvalue weighted by Gasteiger charge is -2.18. The number of rotatable bonds is 2. The second kappa shape index (κ2) is 6.46. The quantitative estimate of drug-likeness (QED) is 0.631. The van der Waals surface area contributed by atoms with E-state index in [1.165, 1.54) is 16.9 Å². The number of hydrogen-bond donors (Lipinski definition) is 3. The summed E-state index contributed by atoms with van der Waals surface area (Å²) in [5, 5.41) is 1.53. The molecule has 26 heavy (non-hydrogen) atoms. The van der Waals surface area contributed by atoms with Crippen molar-refractivity contribution >= 4 is 33.2 Å². The Balaban J connectivity index is 1.57. The van der Waals surface area contributed by atoms with Gasteiger partial charge in [0, 0.05) is 16.4 Å². The van der Waals surface area contributed by atoms with Crippen molar-refractivity contribution in [1.29, 1.82) is 0 Å². The summed E-state index contributed by atoms with van der Waals surface area (Å²) in [6.45, 7) is 0.715. The van der Waals surface area contributed by atoms with Gasteiger partial charge in [-0.15, -0.1) is 11.3 Å². The molecule has 7 heteroatoms. The van der Waals surface area contributed by atoms with Gasteiger partial charge in [-0.1, -0.05) is 23.7 Å². The van der Waals surface area contributed by atoms with Gasteiger partial charge in [-0.2, -0.15) is 0 Å². The number of aromatic amines is 1. The van der Waals surface area contributed by atoms with Gasteiger partial charge in [-0.05, 0) is 48.9 Å². The molecule has 0 amide bonds. The van der Waals surface area contributed by atoms with Crippen LogP contribution in [0.25, 0.3) is 10.2 Å². The second-order valence-corrected chi connectivity index (χ2v) is 8.52. The summed E-state index contributed by atoms with van der Waals surface area (Å²) in [5.41, 5.74) is 8.87. The fourth-order valence-corrected chi connectivity index (χ4v) is 5.49. The minimum atomic E-state index is 0.00570. The molecule has 2 atom stereocenters. The van der Waals surface area contributed by atoms with Gasteiger partial charge in [0.15, 0.2) is 0 Å². The molecule has 5 nitrogen and oxygen atoms in total. The zero-order valence-corrected chi connectivity index (χ0v) is 15.7. The van der Waals surface area contributed by atoms with Crippen LogP contribution in [0.3, 0.4) is 0 Å². The predicted octanol–water partition coefficient (Wildman–Crippen LogP) is 3.45. The van der Waals surface area contributed by atoms with Crippen molar-refractivity contribution < 1.29 is 0 Å². The first-order valence-corrected chi connectivity index (χ1v) is 10.2. The Kier molecular flexibility index (Phi) is 4.09. The smallest absolute Gasteiger partial charge is 0.259 e. The van der Waals surface area contributed by atoms with Crippen molar-refractivity contribution in [3.05, 3.63) is 61.5 Å². The molecule has 2 aliphatic rings. The minimum absolute atomic E-state index is 0.00570. The van der Waals surface area contributed by atoms with Crippen LogP contribution in [0.1, 0.15) is 46.6 Å². The lowest BCUT2D eigenvalue weighted by atomic mass is 9.94. The molecule has 0 radical (unpaired) electrons. The Hall–Kier alpha value is -1.73. The number of halogens is 1. The van der Waals surface area contributed by atoms with Crippen molar-refractivity contribution in [2.75, 3.05) is 6.54 Å². The summed E-state index contributed by atoms with van der Waals surface area (Å²) in [6, 6.07) is 7.85. The van der Waals surface area contributed by atoms with E-state index < -0.39 is 0 Å². The van der Waals surface area contributed by atoms with Crippen LogP contribution in [-0.4, -0.2) is 16.5 Å². The third-order valence-electron chi connectivity index (χ3n) is 5.41. The predicted molar refractivity (Wildman–Crippen MR) is 105 cm³/mol. The van der Waals surface area contributed by atoms with Gasteiger partial charge < -0.3 is 4.98 Å². The van der Waals surface area contributed by atoms with Crippen molar-refractivity contribution in [1.82, 2.24) is 20.8 Å². The van der Waals surface area contributed by atoms with E-state index >= 15 is 0 Å². The van der Waals surface area contributed by atoms with Crippen molar-refractivity contribution in [2.45, 2.75) is 37.6 Å². The fraction of sp³-hybridized carbons (Fsp3) is 0.368. The second-order valence-electron chi connectivity index (χ2n) is 7.00. The van der Waals surface area contributed by atoms with Gasteiger partial charge in [0.25, 0.3) is 5.56 Å². The van der Waals surface area contributed by atoms with Crippen LogP contribution < -0.4 is 16.4 Å². The molecule has 134 valence electrons. The van der Waals surface area contributed by atoms with E-state index in [0.717, 1.165) is 40.9 Å². The zero-order valence-electron chi connectivity index (χ0n) is 14.1. The monoisotopic (exact) mass is 386 g/mol. The van der Waals surface area contributed by atoms with E-state index in [0.29, 0.717) is 11.6 Å². The summed E-state index contributed by atoms with van der Waals surface area (Å²) in [4.78, 5) is 23.0. The molecular formula is C19H19ClN4OS. The maximum absolute atomic E-state index is 12.8. The number of H-pyrrole nitrogens is 1. The number of aromatic nitrogens is 2. The van der Waals surface area contributed by atoms with E-state index in [4.69, 9.17) is 16.6 Å². The highest BCUT2D eigenvalue weighted by Gasteiger charge is 2.32. The standard InChI is InChI=1S/C19H19ClN4OS/c20-11-7-5-10(6-8-11)16-13(9-21-24-16)17-22-18(25)15-12-3-1-2-4-14(12)26-19(15)23-17/h5-8,13,16,21,24H,1-4,9H2,(H,22,23,25).